The van der Waals surface area contributed by atoms with Crippen LogP contribution in [-0.4, -0.2) is 18.2 Å². The fourth-order valence-corrected chi connectivity index (χ4v) is 9.62. The number of hydrogen-bond acceptors (Lipinski definition) is 3. The van der Waals surface area contributed by atoms with E-state index in [1.807, 2.05) is 0 Å². The Morgan fingerprint density at radius 2 is 1.14 bits per heavy atom. The van der Waals surface area contributed by atoms with Crippen molar-refractivity contribution in [1.82, 2.24) is 0 Å². The number of amides is 2. The first-order valence-corrected chi connectivity index (χ1v) is 14.3. The number of anilines is 1. The molecular formula is C30H31N2O3P. The van der Waals surface area contributed by atoms with Crippen LogP contribution in [0.5, 0.6) is 5.75 Å². The molecule has 0 bridgehead atoms. The van der Waals surface area contributed by atoms with Gasteiger partial charge in [0.15, 0.2) is 0 Å². The van der Waals surface area contributed by atoms with Gasteiger partial charge in [0.1, 0.15) is 0 Å². The first-order valence-electron chi connectivity index (χ1n) is 12.1. The number of carbonyl (C=O) groups is 2. The third-order valence-electron chi connectivity index (χ3n) is 6.34. The molecule has 0 radical (unpaired) electrons. The second-order valence-corrected chi connectivity index (χ2v) is 12.7. The number of unbranched alkanes of at least 4 members (excludes halogenated alkanes) is 1. The predicted molar refractivity (Wildman–Crippen MR) is 151 cm³/mol. The fourth-order valence-electron chi connectivity index (χ4n) is 4.69. The van der Waals surface area contributed by atoms with Gasteiger partial charge in [-0.05, 0) is 0 Å². The molecule has 0 spiro atoms. The molecule has 4 rings (SSSR count). The summed E-state index contributed by atoms with van der Waals surface area (Å²) in [5, 5.41) is 6.59. The van der Waals surface area contributed by atoms with E-state index < -0.39 is 13.3 Å². The van der Waals surface area contributed by atoms with Gasteiger partial charge in [0.25, 0.3) is 0 Å². The Hall–Kier alpha value is -3.95. The van der Waals surface area contributed by atoms with Crippen LogP contribution in [0.3, 0.4) is 0 Å². The Kier molecular flexibility index (Phi) is 8.48. The van der Waals surface area contributed by atoms with Crippen molar-refractivity contribution in [2.24, 2.45) is 5.73 Å². The zero-order valence-corrected chi connectivity index (χ0v) is 21.1. The van der Waals surface area contributed by atoms with Gasteiger partial charge in [-0.25, -0.2) is 4.79 Å². The number of rotatable bonds is 10. The Balaban J connectivity index is 1.47. The second-order valence-electron chi connectivity index (χ2n) is 8.70. The number of carbonyl (C=O) groups excluding carboxylic acids is 2. The molecule has 36 heavy (non-hydrogen) atoms. The third kappa shape index (κ3) is 6.18. The maximum absolute atomic E-state index is 12.5. The normalized spacial score (nSPS) is 11.4. The van der Waals surface area contributed by atoms with E-state index in [4.69, 9.17) is 10.5 Å². The number of benzene rings is 4. The molecule has 2 amide bonds. The summed E-state index contributed by atoms with van der Waals surface area (Å²) in [6, 6.07) is 38.3. The van der Waals surface area contributed by atoms with Gasteiger partial charge in [0, 0.05) is 0 Å². The molecule has 0 saturated carbocycles. The van der Waals surface area contributed by atoms with Crippen molar-refractivity contribution >= 4 is 40.9 Å². The van der Waals surface area contributed by atoms with E-state index in [1.165, 1.54) is 15.9 Å². The molecule has 0 aliphatic carbocycles. The van der Waals surface area contributed by atoms with Gasteiger partial charge >= 0.3 is 202 Å². The van der Waals surface area contributed by atoms with Crippen LogP contribution in [0.1, 0.15) is 19.3 Å². The molecule has 184 valence electrons. The summed E-state index contributed by atoms with van der Waals surface area (Å²) in [6.07, 6.45) is 2.97. The van der Waals surface area contributed by atoms with Crippen molar-refractivity contribution in [3.05, 3.63) is 115 Å². The molecule has 3 N–H and O–H groups in total. The summed E-state index contributed by atoms with van der Waals surface area (Å²) in [7, 11) is -2.29. The number of hydrogen-bond donors (Lipinski definition) is 2. The maximum atomic E-state index is 12.5. The monoisotopic (exact) mass is 498 g/mol. The van der Waals surface area contributed by atoms with Crippen LogP contribution in [0.15, 0.2) is 115 Å². The molecule has 0 unspecified atom stereocenters. The SMILES string of the molecule is NC(=O)Nc1ccc(OC(=O)CCCC[PH](c2ccccc2)(c2ccccc2)c2ccccc2)cc1. The van der Waals surface area contributed by atoms with Crippen LogP contribution in [0.25, 0.3) is 0 Å². The average Bonchev–Trinajstić information content (AvgIpc) is 2.91. The van der Waals surface area contributed by atoms with Crippen LogP contribution in [-0.2, 0) is 4.79 Å². The van der Waals surface area contributed by atoms with E-state index in [0.717, 1.165) is 19.0 Å². The average molecular weight is 499 g/mol. The zero-order chi connectivity index (χ0) is 25.2. The molecular weight excluding hydrogens is 467 g/mol. The summed E-state index contributed by atoms with van der Waals surface area (Å²) >= 11 is 0. The van der Waals surface area contributed by atoms with E-state index in [2.05, 4.69) is 96.3 Å². The fraction of sp³-hybridized carbons (Fsp3) is 0.133. The van der Waals surface area contributed by atoms with Gasteiger partial charge in [-0.2, -0.15) is 0 Å². The van der Waals surface area contributed by atoms with Gasteiger partial charge < -0.3 is 5.73 Å². The van der Waals surface area contributed by atoms with Gasteiger partial charge in [0.2, 0.25) is 0 Å². The van der Waals surface area contributed by atoms with Gasteiger partial charge in [-0.3, -0.25) is 0 Å². The van der Waals surface area contributed by atoms with Crippen molar-refractivity contribution < 1.29 is 14.3 Å². The standard InChI is InChI=1S/C30H31N2O3P/c31-30(34)32-24-19-21-25(22-20-24)35-29(33)18-10-11-23-36(26-12-4-1-5-13-26,27-14-6-2-7-15-27)28-16-8-3-9-17-28/h1-9,12-17,19-22,36H,10-11,18,23H2,(H3,31,32,34). The minimum atomic E-state index is -2.29. The van der Waals surface area contributed by atoms with Crippen LogP contribution in [0, 0.1) is 0 Å². The van der Waals surface area contributed by atoms with Crippen molar-refractivity contribution in [2.75, 3.05) is 11.5 Å². The second kappa shape index (κ2) is 12.1. The number of ether oxygens (including phenoxy) is 1. The molecule has 0 aliphatic rings. The van der Waals surface area contributed by atoms with Crippen molar-refractivity contribution in [1.29, 1.82) is 0 Å². The third-order valence-corrected chi connectivity index (χ3v) is 11.4. The Morgan fingerprint density at radius 1 is 0.667 bits per heavy atom. The topological polar surface area (TPSA) is 81.4 Å². The summed E-state index contributed by atoms with van der Waals surface area (Å²) in [5.74, 6) is 0.175. The van der Waals surface area contributed by atoms with E-state index in [1.54, 1.807) is 24.3 Å². The van der Waals surface area contributed by atoms with Gasteiger partial charge in [-0.1, -0.05) is 0 Å². The van der Waals surface area contributed by atoms with Gasteiger partial charge in [0.05, 0.1) is 0 Å². The summed E-state index contributed by atoms with van der Waals surface area (Å²) in [5.41, 5.74) is 5.67. The van der Waals surface area contributed by atoms with Crippen molar-refractivity contribution in [2.45, 2.75) is 19.3 Å². The summed E-state index contributed by atoms with van der Waals surface area (Å²) in [4.78, 5) is 23.5. The van der Waals surface area contributed by atoms with Crippen LogP contribution in [0.2, 0.25) is 0 Å². The Morgan fingerprint density at radius 3 is 1.58 bits per heavy atom. The van der Waals surface area contributed by atoms with Crippen molar-refractivity contribution in [3.63, 3.8) is 0 Å². The van der Waals surface area contributed by atoms with Crippen molar-refractivity contribution in [3.8, 4) is 5.75 Å². The van der Waals surface area contributed by atoms with E-state index in [0.29, 0.717) is 17.9 Å². The molecule has 0 heterocycles. The number of primary amides is 1. The summed E-state index contributed by atoms with van der Waals surface area (Å²) in [6.45, 7) is 0. The van der Waals surface area contributed by atoms with E-state index in [-0.39, 0.29) is 5.97 Å². The summed E-state index contributed by atoms with van der Waals surface area (Å²) < 4.78 is 5.49. The molecule has 4 aromatic carbocycles. The van der Waals surface area contributed by atoms with E-state index in [9.17, 15) is 9.59 Å². The molecule has 4 aromatic rings. The zero-order valence-electron chi connectivity index (χ0n) is 20.1. The molecule has 0 saturated heterocycles. The number of esters is 1. The van der Waals surface area contributed by atoms with Crippen LogP contribution < -0.4 is 31.7 Å². The number of nitrogens with two attached hydrogens (primary N) is 1. The first-order chi connectivity index (χ1) is 17.6. The number of nitrogens with one attached hydrogen (secondary N) is 1. The molecule has 5 nitrogen and oxygen atoms in total. The van der Waals surface area contributed by atoms with E-state index >= 15 is 0 Å². The predicted octanol–water partition coefficient (Wildman–Crippen LogP) is 4.98. The molecule has 0 aromatic heterocycles. The molecule has 0 fully saturated rings. The van der Waals surface area contributed by atoms with Gasteiger partial charge in [-0.15, -0.1) is 0 Å². The van der Waals surface area contributed by atoms with Crippen LogP contribution >= 0.6 is 7.26 Å². The quantitative estimate of drug-likeness (QED) is 0.140. The Labute approximate surface area is 212 Å². The molecule has 0 aliphatic heterocycles. The first kappa shape index (κ1) is 25.2. The molecule has 6 heteroatoms. The Bertz CT molecular complexity index is 1170. The minimum absolute atomic E-state index is 0.267. The number of urea groups is 1. The van der Waals surface area contributed by atoms with Crippen LogP contribution in [0.4, 0.5) is 10.5 Å². The molecule has 0 atom stereocenters.